The fourth-order valence-electron chi connectivity index (χ4n) is 3.62. The highest BCUT2D eigenvalue weighted by Crippen LogP contribution is 2.33. The topological polar surface area (TPSA) is 67.6 Å². The van der Waals surface area contributed by atoms with Crippen molar-refractivity contribution in [1.29, 1.82) is 0 Å². The van der Waals surface area contributed by atoms with E-state index in [2.05, 4.69) is 10.1 Å². The average Bonchev–Trinajstić information content (AvgIpc) is 3.29. The zero-order chi connectivity index (χ0) is 21.7. The first-order valence-corrected chi connectivity index (χ1v) is 10.8. The molecule has 0 saturated carbocycles. The van der Waals surface area contributed by atoms with Gasteiger partial charge in [0.25, 0.3) is 0 Å². The van der Waals surface area contributed by atoms with Gasteiger partial charge in [0.2, 0.25) is 10.0 Å². The largest absolute Gasteiger partial charge is 0.433 e. The van der Waals surface area contributed by atoms with E-state index >= 15 is 0 Å². The van der Waals surface area contributed by atoms with Gasteiger partial charge in [0.15, 0.2) is 5.65 Å². The van der Waals surface area contributed by atoms with Crippen LogP contribution in [0.5, 0.6) is 0 Å². The summed E-state index contributed by atoms with van der Waals surface area (Å²) < 4.78 is 80.5. The molecule has 160 valence electrons. The maximum absolute atomic E-state index is 13.3. The van der Waals surface area contributed by atoms with Gasteiger partial charge in [0, 0.05) is 30.8 Å². The van der Waals surface area contributed by atoms with Gasteiger partial charge in [-0.2, -0.15) is 18.3 Å². The van der Waals surface area contributed by atoms with Crippen molar-refractivity contribution < 1.29 is 26.0 Å². The van der Waals surface area contributed by atoms with Crippen molar-refractivity contribution in [2.24, 2.45) is 0 Å². The zero-order valence-electron chi connectivity index (χ0n) is 15.9. The van der Waals surface area contributed by atoms with E-state index in [0.717, 1.165) is 10.6 Å². The molecule has 1 unspecified atom stereocenters. The molecule has 6 nitrogen and oxygen atoms in total. The number of aromatic nitrogens is 3. The Bertz CT molecular complexity index is 1190. The number of sulfonamides is 1. The molecule has 1 fully saturated rings. The number of hydrogen-bond donors (Lipinski definition) is 0. The van der Waals surface area contributed by atoms with Crippen LogP contribution in [0.1, 0.15) is 35.0 Å². The first-order chi connectivity index (χ1) is 14.0. The van der Waals surface area contributed by atoms with Crippen molar-refractivity contribution >= 4 is 15.7 Å². The summed E-state index contributed by atoms with van der Waals surface area (Å²) in [7, 11) is -3.65. The van der Waals surface area contributed by atoms with E-state index in [4.69, 9.17) is 0 Å². The molecular formula is C19H18F4N4O2S. The van der Waals surface area contributed by atoms with Crippen LogP contribution in [-0.2, 0) is 22.0 Å². The molecule has 1 aliphatic heterocycles. The van der Waals surface area contributed by atoms with Crippen LogP contribution in [0.3, 0.4) is 0 Å². The Morgan fingerprint density at radius 2 is 1.87 bits per heavy atom. The number of fused-ring (bicyclic) bond motifs is 1. The van der Waals surface area contributed by atoms with Crippen LogP contribution >= 0.6 is 0 Å². The summed E-state index contributed by atoms with van der Waals surface area (Å²) in [6.45, 7) is 1.83. The molecule has 1 saturated heterocycles. The molecule has 0 aliphatic carbocycles. The van der Waals surface area contributed by atoms with Crippen LogP contribution in [0.4, 0.5) is 17.6 Å². The monoisotopic (exact) mass is 442 g/mol. The molecule has 4 rings (SSSR count). The second kappa shape index (κ2) is 7.31. The van der Waals surface area contributed by atoms with Gasteiger partial charge in [-0.3, -0.25) is 0 Å². The number of halogens is 4. The van der Waals surface area contributed by atoms with Crippen molar-refractivity contribution in [3.05, 3.63) is 64.9 Å². The maximum atomic E-state index is 13.3. The minimum absolute atomic E-state index is 0.0740. The van der Waals surface area contributed by atoms with Gasteiger partial charge in [-0.1, -0.05) is 12.1 Å². The quantitative estimate of drug-likeness (QED) is 0.580. The first-order valence-electron chi connectivity index (χ1n) is 9.20. The molecule has 0 N–H and O–H groups in total. The molecule has 0 bridgehead atoms. The average molecular weight is 442 g/mol. The lowest BCUT2D eigenvalue weighted by Gasteiger charge is -2.16. The zero-order valence-corrected chi connectivity index (χ0v) is 16.7. The highest BCUT2D eigenvalue weighted by molar-refractivity contribution is 7.88. The SMILES string of the molecule is Cc1cc(C(F)(F)F)n2nc(C3CCN(S(=O)(=O)Cc4ccc(F)cc4)C3)cc2n1. The normalized spacial score (nSPS) is 18.4. The Hall–Kier alpha value is -2.53. The summed E-state index contributed by atoms with van der Waals surface area (Å²) in [4.78, 5) is 4.11. The van der Waals surface area contributed by atoms with E-state index in [9.17, 15) is 26.0 Å². The van der Waals surface area contributed by atoms with E-state index < -0.39 is 27.7 Å². The highest BCUT2D eigenvalue weighted by atomic mass is 32.2. The van der Waals surface area contributed by atoms with Crippen molar-refractivity contribution in [3.8, 4) is 0 Å². The summed E-state index contributed by atoms with van der Waals surface area (Å²) in [5.74, 6) is -1.06. The predicted octanol–water partition coefficient (Wildman–Crippen LogP) is 3.51. The molecule has 0 radical (unpaired) electrons. The summed E-state index contributed by atoms with van der Waals surface area (Å²) in [6.07, 6.45) is -4.15. The fraction of sp³-hybridized carbons (Fsp3) is 0.368. The minimum atomic E-state index is -4.59. The third-order valence-electron chi connectivity index (χ3n) is 5.09. The molecule has 3 aromatic rings. The van der Waals surface area contributed by atoms with Crippen molar-refractivity contribution in [1.82, 2.24) is 18.9 Å². The molecule has 30 heavy (non-hydrogen) atoms. The molecule has 0 amide bonds. The van der Waals surface area contributed by atoms with Crippen molar-refractivity contribution in [3.63, 3.8) is 0 Å². The number of rotatable bonds is 4. The summed E-state index contributed by atoms with van der Waals surface area (Å²) in [5, 5.41) is 4.08. The van der Waals surface area contributed by atoms with E-state index in [1.807, 2.05) is 0 Å². The summed E-state index contributed by atoms with van der Waals surface area (Å²) in [6, 6.07) is 7.62. The van der Waals surface area contributed by atoms with Crippen LogP contribution in [0, 0.1) is 12.7 Å². The lowest BCUT2D eigenvalue weighted by molar-refractivity contribution is -0.142. The second-order valence-electron chi connectivity index (χ2n) is 7.35. The molecule has 1 aliphatic rings. The Morgan fingerprint density at radius 1 is 1.17 bits per heavy atom. The number of alkyl halides is 3. The Balaban J connectivity index is 1.57. The van der Waals surface area contributed by atoms with Gasteiger partial charge in [-0.25, -0.2) is 26.6 Å². The van der Waals surface area contributed by atoms with Gasteiger partial charge >= 0.3 is 6.18 Å². The van der Waals surface area contributed by atoms with Crippen molar-refractivity contribution in [2.45, 2.75) is 31.2 Å². The lowest BCUT2D eigenvalue weighted by atomic mass is 10.1. The van der Waals surface area contributed by atoms with Gasteiger partial charge in [-0.05, 0) is 37.1 Å². The second-order valence-corrected chi connectivity index (χ2v) is 9.31. The molecule has 1 aromatic carbocycles. The summed E-state index contributed by atoms with van der Waals surface area (Å²) >= 11 is 0. The van der Waals surface area contributed by atoms with E-state index in [-0.39, 0.29) is 36.1 Å². The van der Waals surface area contributed by atoms with Crippen molar-refractivity contribution in [2.75, 3.05) is 13.1 Å². The number of nitrogens with zero attached hydrogens (tertiary/aromatic N) is 4. The third-order valence-corrected chi connectivity index (χ3v) is 6.91. The Labute approximate surface area is 170 Å². The molecule has 3 heterocycles. The third kappa shape index (κ3) is 4.04. The van der Waals surface area contributed by atoms with Crippen LogP contribution < -0.4 is 0 Å². The molecule has 2 aromatic heterocycles. The minimum Gasteiger partial charge on any atom is -0.234 e. The number of aryl methyl sites for hydroxylation is 1. The van der Waals surface area contributed by atoms with Crippen LogP contribution in [0.25, 0.3) is 5.65 Å². The molecule has 0 spiro atoms. The first kappa shape index (κ1) is 20.7. The van der Waals surface area contributed by atoms with Crippen LogP contribution in [0.15, 0.2) is 36.4 Å². The number of benzene rings is 1. The maximum Gasteiger partial charge on any atom is 0.433 e. The van der Waals surface area contributed by atoms with Gasteiger partial charge in [0.05, 0.1) is 11.4 Å². The van der Waals surface area contributed by atoms with Crippen LogP contribution in [-0.4, -0.2) is 40.4 Å². The van der Waals surface area contributed by atoms with Gasteiger partial charge < -0.3 is 0 Å². The molecule has 1 atom stereocenters. The number of hydrogen-bond acceptors (Lipinski definition) is 4. The Morgan fingerprint density at radius 3 is 2.53 bits per heavy atom. The Kier molecular flexibility index (Phi) is 5.05. The molecule has 11 heteroatoms. The summed E-state index contributed by atoms with van der Waals surface area (Å²) in [5.41, 5.74) is 0.205. The van der Waals surface area contributed by atoms with E-state index in [1.54, 1.807) is 0 Å². The van der Waals surface area contributed by atoms with Crippen LogP contribution in [0.2, 0.25) is 0 Å². The predicted molar refractivity (Wildman–Crippen MR) is 101 cm³/mol. The standard InChI is InChI=1S/C19H18F4N4O2S/c1-12-8-17(19(21,22)23)27-18(24-12)9-16(25-27)14-6-7-26(10-14)30(28,29)11-13-2-4-15(20)5-3-13/h2-5,8-9,14H,6-7,10-11H2,1H3. The molecular weight excluding hydrogens is 424 g/mol. The highest BCUT2D eigenvalue weighted by Gasteiger charge is 2.37. The van der Waals surface area contributed by atoms with E-state index in [1.165, 1.54) is 41.6 Å². The smallest absolute Gasteiger partial charge is 0.234 e. The van der Waals surface area contributed by atoms with Gasteiger partial charge in [-0.15, -0.1) is 0 Å². The lowest BCUT2D eigenvalue weighted by Crippen LogP contribution is -2.29. The fourth-order valence-corrected chi connectivity index (χ4v) is 5.21. The van der Waals surface area contributed by atoms with Gasteiger partial charge in [0.1, 0.15) is 11.5 Å². The van der Waals surface area contributed by atoms with E-state index in [0.29, 0.717) is 17.7 Å².